The lowest BCUT2D eigenvalue weighted by molar-refractivity contribution is 0.205. The smallest absolute Gasteiger partial charge is 0.0459 e. The topological polar surface area (TPSA) is 20.2 Å². The van der Waals surface area contributed by atoms with Crippen molar-refractivity contribution in [1.82, 2.24) is 0 Å². The molecular weight excluding hydrogens is 148 g/mol. The van der Waals surface area contributed by atoms with Crippen LogP contribution in [-0.2, 0) is 0 Å². The van der Waals surface area contributed by atoms with Crippen molar-refractivity contribution in [3.8, 4) is 0 Å². The van der Waals surface area contributed by atoms with Crippen molar-refractivity contribution >= 4 is 0 Å². The molecule has 1 unspecified atom stereocenters. The van der Waals surface area contributed by atoms with Gasteiger partial charge in [-0.3, -0.25) is 0 Å². The molecule has 0 amide bonds. The number of rotatable bonds is 7. The molecule has 0 aliphatic rings. The van der Waals surface area contributed by atoms with Gasteiger partial charge in [0.15, 0.2) is 0 Å². The third-order valence-electron chi connectivity index (χ3n) is 2.35. The van der Waals surface area contributed by atoms with E-state index in [1.807, 2.05) is 0 Å². The minimum absolute atomic E-state index is 0.381. The summed E-state index contributed by atoms with van der Waals surface area (Å²) >= 11 is 0. The molecule has 0 aromatic carbocycles. The van der Waals surface area contributed by atoms with Crippen molar-refractivity contribution in [3.05, 3.63) is 0 Å². The largest absolute Gasteiger partial charge is 0.396 e. The highest BCUT2D eigenvalue weighted by Gasteiger charge is 2.05. The summed E-state index contributed by atoms with van der Waals surface area (Å²) in [7, 11) is 0. The van der Waals surface area contributed by atoms with E-state index in [1.165, 1.54) is 32.1 Å². The zero-order valence-electron chi connectivity index (χ0n) is 8.84. The molecule has 0 spiro atoms. The lowest BCUT2D eigenvalue weighted by Gasteiger charge is -2.13. The van der Waals surface area contributed by atoms with Gasteiger partial charge in [-0.15, -0.1) is 0 Å². The Morgan fingerprint density at radius 1 is 1.08 bits per heavy atom. The van der Waals surface area contributed by atoms with Gasteiger partial charge in [-0.2, -0.15) is 0 Å². The zero-order valence-corrected chi connectivity index (χ0v) is 8.84. The van der Waals surface area contributed by atoms with Crippen LogP contribution in [0.25, 0.3) is 0 Å². The Balaban J connectivity index is 3.31. The first kappa shape index (κ1) is 12.0. The minimum Gasteiger partial charge on any atom is -0.396 e. The van der Waals surface area contributed by atoms with Crippen LogP contribution in [0.4, 0.5) is 0 Å². The Morgan fingerprint density at radius 2 is 1.75 bits per heavy atom. The van der Waals surface area contributed by atoms with Crippen LogP contribution >= 0.6 is 0 Å². The quantitative estimate of drug-likeness (QED) is 0.625. The molecule has 1 nitrogen and oxygen atoms in total. The molecule has 1 heteroatoms. The summed E-state index contributed by atoms with van der Waals surface area (Å²) < 4.78 is 0. The Morgan fingerprint density at radius 3 is 2.17 bits per heavy atom. The van der Waals surface area contributed by atoms with Crippen molar-refractivity contribution in [3.63, 3.8) is 0 Å². The number of hydrogen-bond donors (Lipinski definition) is 1. The van der Waals surface area contributed by atoms with Gasteiger partial charge in [0.25, 0.3) is 0 Å². The Labute approximate surface area is 77.2 Å². The normalized spacial score (nSPS) is 13.8. The van der Waals surface area contributed by atoms with Crippen molar-refractivity contribution in [2.24, 2.45) is 11.8 Å². The van der Waals surface area contributed by atoms with Gasteiger partial charge in [-0.05, 0) is 24.7 Å². The lowest BCUT2D eigenvalue weighted by Crippen LogP contribution is -2.05. The van der Waals surface area contributed by atoms with Gasteiger partial charge in [-0.1, -0.05) is 40.0 Å². The van der Waals surface area contributed by atoms with Crippen LogP contribution in [-0.4, -0.2) is 11.7 Å². The highest BCUT2D eigenvalue weighted by molar-refractivity contribution is 4.58. The molecule has 0 aliphatic carbocycles. The fourth-order valence-corrected chi connectivity index (χ4v) is 1.55. The molecule has 0 heterocycles. The maximum atomic E-state index is 9.02. The molecule has 0 saturated heterocycles. The van der Waals surface area contributed by atoms with Crippen LogP contribution in [0.15, 0.2) is 0 Å². The molecule has 0 aliphatic heterocycles. The van der Waals surface area contributed by atoms with Crippen LogP contribution in [0, 0.1) is 11.8 Å². The number of hydrogen-bond acceptors (Lipinski definition) is 1. The standard InChI is InChI=1S/C11H24O/c1-4-6-11(9-12)8-5-7-10(2)3/h10-12H,4-9H2,1-3H3. The first-order valence-corrected chi connectivity index (χ1v) is 5.31. The average Bonchev–Trinajstić information content (AvgIpc) is 2.02. The molecule has 0 saturated carbocycles. The molecule has 0 aromatic heterocycles. The van der Waals surface area contributed by atoms with Gasteiger partial charge >= 0.3 is 0 Å². The molecule has 1 atom stereocenters. The van der Waals surface area contributed by atoms with Crippen LogP contribution in [0.2, 0.25) is 0 Å². The molecule has 0 rings (SSSR count). The van der Waals surface area contributed by atoms with Crippen molar-refractivity contribution in [1.29, 1.82) is 0 Å². The van der Waals surface area contributed by atoms with Gasteiger partial charge in [0, 0.05) is 6.61 Å². The highest BCUT2D eigenvalue weighted by Crippen LogP contribution is 2.16. The summed E-state index contributed by atoms with van der Waals surface area (Å²) in [5.74, 6) is 1.37. The molecule has 12 heavy (non-hydrogen) atoms. The molecule has 0 radical (unpaired) electrons. The number of aliphatic hydroxyl groups excluding tert-OH is 1. The third kappa shape index (κ3) is 6.66. The average molecular weight is 172 g/mol. The molecule has 1 N–H and O–H groups in total. The van der Waals surface area contributed by atoms with Gasteiger partial charge in [0.2, 0.25) is 0 Å². The van der Waals surface area contributed by atoms with Gasteiger partial charge in [-0.25, -0.2) is 0 Å². The first-order valence-electron chi connectivity index (χ1n) is 5.31. The SMILES string of the molecule is CCCC(CO)CCCC(C)C. The van der Waals surface area contributed by atoms with E-state index in [2.05, 4.69) is 20.8 Å². The van der Waals surface area contributed by atoms with Crippen molar-refractivity contribution in [2.75, 3.05) is 6.61 Å². The fourth-order valence-electron chi connectivity index (χ4n) is 1.55. The van der Waals surface area contributed by atoms with E-state index in [1.54, 1.807) is 0 Å². The maximum absolute atomic E-state index is 9.02. The molecule has 0 aromatic rings. The van der Waals surface area contributed by atoms with E-state index < -0.39 is 0 Å². The Bertz CT molecular complexity index is 89.0. The van der Waals surface area contributed by atoms with Crippen molar-refractivity contribution in [2.45, 2.75) is 52.9 Å². The second kappa shape index (κ2) is 7.60. The van der Waals surface area contributed by atoms with Crippen LogP contribution in [0.3, 0.4) is 0 Å². The monoisotopic (exact) mass is 172 g/mol. The van der Waals surface area contributed by atoms with Crippen LogP contribution in [0.5, 0.6) is 0 Å². The minimum atomic E-state index is 0.381. The predicted octanol–water partition coefficient (Wildman–Crippen LogP) is 3.22. The fraction of sp³-hybridized carbons (Fsp3) is 1.00. The molecule has 0 bridgehead atoms. The van der Waals surface area contributed by atoms with Gasteiger partial charge < -0.3 is 5.11 Å². The van der Waals surface area contributed by atoms with Gasteiger partial charge in [0.05, 0.1) is 0 Å². The van der Waals surface area contributed by atoms with Gasteiger partial charge in [0.1, 0.15) is 0 Å². The van der Waals surface area contributed by atoms with E-state index >= 15 is 0 Å². The maximum Gasteiger partial charge on any atom is 0.0459 e. The Hall–Kier alpha value is -0.0400. The zero-order chi connectivity index (χ0) is 9.40. The summed E-state index contributed by atoms with van der Waals surface area (Å²) in [6, 6.07) is 0. The van der Waals surface area contributed by atoms with Crippen molar-refractivity contribution < 1.29 is 5.11 Å². The summed E-state index contributed by atoms with van der Waals surface area (Å²) in [5.41, 5.74) is 0. The highest BCUT2D eigenvalue weighted by atomic mass is 16.3. The molecule has 74 valence electrons. The predicted molar refractivity (Wildman–Crippen MR) is 54.2 cm³/mol. The summed E-state index contributed by atoms with van der Waals surface area (Å²) in [5, 5.41) is 9.02. The summed E-state index contributed by atoms with van der Waals surface area (Å²) in [4.78, 5) is 0. The van der Waals surface area contributed by atoms with Crippen LogP contribution in [0.1, 0.15) is 52.9 Å². The van der Waals surface area contributed by atoms with E-state index in [0.29, 0.717) is 12.5 Å². The third-order valence-corrected chi connectivity index (χ3v) is 2.35. The Kier molecular flexibility index (Phi) is 7.58. The summed E-state index contributed by atoms with van der Waals surface area (Å²) in [6.45, 7) is 7.08. The van der Waals surface area contributed by atoms with Crippen LogP contribution < -0.4 is 0 Å². The second-order valence-electron chi connectivity index (χ2n) is 4.16. The summed E-state index contributed by atoms with van der Waals surface area (Å²) in [6.07, 6.45) is 6.19. The first-order chi connectivity index (χ1) is 5.70. The van der Waals surface area contributed by atoms with E-state index in [4.69, 9.17) is 5.11 Å². The second-order valence-corrected chi connectivity index (χ2v) is 4.16. The molecule has 0 fully saturated rings. The lowest BCUT2D eigenvalue weighted by atomic mass is 9.95. The number of aliphatic hydroxyl groups is 1. The molecular formula is C11H24O. The van der Waals surface area contributed by atoms with E-state index in [0.717, 1.165) is 5.92 Å². The van der Waals surface area contributed by atoms with E-state index in [-0.39, 0.29) is 0 Å². The van der Waals surface area contributed by atoms with E-state index in [9.17, 15) is 0 Å².